The number of benzene rings is 4. The fraction of sp³-hybridized carbons (Fsp3) is 0.278. The van der Waals surface area contributed by atoms with Crippen molar-refractivity contribution in [2.45, 2.75) is 54.9 Å². The number of rotatable bonds is 6. The number of hydrogen-bond donors (Lipinski definition) is 12. The van der Waals surface area contributed by atoms with Crippen LogP contribution in [0.2, 0.25) is 0 Å². The van der Waals surface area contributed by atoms with E-state index in [0.29, 0.717) is 5.56 Å². The number of aliphatic hydroxyl groups is 5. The third-order valence-electron chi connectivity index (χ3n) is 9.35. The summed E-state index contributed by atoms with van der Waals surface area (Å²) in [6.07, 6.45) is -11.4. The third-order valence-corrected chi connectivity index (χ3v) is 9.35. The predicted molar refractivity (Wildman–Crippen MR) is 175 cm³/mol. The fourth-order valence-corrected chi connectivity index (χ4v) is 6.76. The molecule has 3 aliphatic heterocycles. The van der Waals surface area contributed by atoms with E-state index in [9.17, 15) is 61.3 Å². The summed E-state index contributed by atoms with van der Waals surface area (Å²) in [5, 5.41) is 127. The number of fused-ring (bicyclic) bond motifs is 2. The Morgan fingerprint density at radius 3 is 1.98 bits per heavy atom. The van der Waals surface area contributed by atoms with Gasteiger partial charge in [-0.25, -0.2) is 0 Å². The maximum atomic E-state index is 12.0. The highest BCUT2D eigenvalue weighted by Gasteiger charge is 2.48. The zero-order valence-electron chi connectivity index (χ0n) is 26.8. The summed E-state index contributed by atoms with van der Waals surface area (Å²) in [5.74, 6) is -5.12. The molecule has 0 bridgehead atoms. The van der Waals surface area contributed by atoms with Gasteiger partial charge in [-0.1, -0.05) is 18.2 Å². The molecule has 3 heterocycles. The molecule has 4 aromatic rings. The van der Waals surface area contributed by atoms with Gasteiger partial charge in [0.25, 0.3) is 0 Å². The summed E-state index contributed by atoms with van der Waals surface area (Å²) >= 11 is 0. The van der Waals surface area contributed by atoms with Crippen LogP contribution in [0.3, 0.4) is 0 Å². The Bertz CT molecular complexity index is 2030. The summed E-state index contributed by atoms with van der Waals surface area (Å²) in [7, 11) is 0. The SMILES string of the molecule is OCC1OC(OC2=Cc3c(O)cc(O)c(C4c5c(O)cc(O)cc5OC(c5ccc(O)c(O)c5)C4O)c3OC2c2ccc(O)cc2)C(O)C(O)C1O. The maximum Gasteiger partial charge on any atom is 0.228 e. The van der Waals surface area contributed by atoms with E-state index in [-0.39, 0.29) is 45.3 Å². The molecule has 0 amide bonds. The normalized spacial score (nSPS) is 28.1. The van der Waals surface area contributed by atoms with Gasteiger partial charge in [-0.15, -0.1) is 0 Å². The van der Waals surface area contributed by atoms with Crippen LogP contribution >= 0.6 is 0 Å². The predicted octanol–water partition coefficient (Wildman–Crippen LogP) is 1.54. The molecule has 1 saturated heterocycles. The second-order valence-corrected chi connectivity index (χ2v) is 12.7. The Balaban J connectivity index is 1.40. The van der Waals surface area contributed by atoms with Gasteiger partial charge in [-0.05, 0) is 35.9 Å². The molecular formula is C36H34O16. The average molecular weight is 723 g/mol. The lowest BCUT2D eigenvalue weighted by Gasteiger charge is -2.41. The summed E-state index contributed by atoms with van der Waals surface area (Å²) < 4.78 is 24.0. The fourth-order valence-electron chi connectivity index (χ4n) is 6.76. The molecule has 3 aliphatic rings. The van der Waals surface area contributed by atoms with Gasteiger partial charge in [-0.2, -0.15) is 0 Å². The molecule has 9 atom stereocenters. The Kier molecular flexibility index (Phi) is 8.82. The van der Waals surface area contributed by atoms with E-state index >= 15 is 0 Å². The summed E-state index contributed by atoms with van der Waals surface area (Å²) in [4.78, 5) is 0. The summed E-state index contributed by atoms with van der Waals surface area (Å²) in [5.41, 5.74) is 0.0769. The molecular weight excluding hydrogens is 688 g/mol. The smallest absolute Gasteiger partial charge is 0.228 e. The van der Waals surface area contributed by atoms with Crippen molar-refractivity contribution in [2.75, 3.05) is 6.61 Å². The Labute approximate surface area is 293 Å². The monoisotopic (exact) mass is 722 g/mol. The summed E-state index contributed by atoms with van der Waals surface area (Å²) in [6.45, 7) is -0.738. The van der Waals surface area contributed by atoms with Gasteiger partial charge in [0.05, 0.1) is 18.1 Å². The number of ether oxygens (including phenoxy) is 4. The van der Waals surface area contributed by atoms with Crippen molar-refractivity contribution >= 4 is 6.08 Å². The molecule has 0 spiro atoms. The highest BCUT2D eigenvalue weighted by atomic mass is 16.7. The van der Waals surface area contributed by atoms with Crippen molar-refractivity contribution in [1.29, 1.82) is 0 Å². The number of aliphatic hydroxyl groups excluding tert-OH is 5. The molecule has 52 heavy (non-hydrogen) atoms. The topological polar surface area (TPSA) is 280 Å². The standard InChI is InChI=1S/C36H34O16/c37-12-25-29(45)31(47)32(48)36(51-25)50-24-10-17-19(41)11-22(44)27(35(17)52-33(24)13-1-4-15(38)5-2-13)28-26-21(43)8-16(39)9-23(26)49-34(30(28)46)14-3-6-18(40)20(42)7-14/h1-11,25,28-34,36-48H,12H2. The first-order valence-corrected chi connectivity index (χ1v) is 15.9. The minimum atomic E-state index is -1.82. The molecule has 16 heteroatoms. The van der Waals surface area contributed by atoms with Gasteiger partial charge in [0, 0.05) is 34.9 Å². The van der Waals surface area contributed by atoms with Crippen LogP contribution in [0.5, 0.6) is 51.7 Å². The van der Waals surface area contributed by atoms with E-state index in [0.717, 1.165) is 30.3 Å². The van der Waals surface area contributed by atoms with E-state index < -0.39 is 96.0 Å². The maximum absolute atomic E-state index is 12.0. The Morgan fingerprint density at radius 2 is 1.29 bits per heavy atom. The van der Waals surface area contributed by atoms with Crippen LogP contribution in [0.15, 0.2) is 66.4 Å². The van der Waals surface area contributed by atoms with Crippen LogP contribution in [0.25, 0.3) is 6.08 Å². The largest absolute Gasteiger partial charge is 0.508 e. The van der Waals surface area contributed by atoms with Crippen molar-refractivity contribution < 1.29 is 80.2 Å². The second kappa shape index (κ2) is 13.2. The number of aromatic hydroxyl groups is 7. The summed E-state index contributed by atoms with van der Waals surface area (Å²) in [6, 6.07) is 12.4. The first kappa shape index (κ1) is 34.8. The van der Waals surface area contributed by atoms with E-state index in [1.54, 1.807) is 0 Å². The van der Waals surface area contributed by atoms with E-state index in [4.69, 9.17) is 18.9 Å². The third kappa shape index (κ3) is 5.86. The second-order valence-electron chi connectivity index (χ2n) is 12.7. The van der Waals surface area contributed by atoms with E-state index in [1.807, 2.05) is 0 Å². The van der Waals surface area contributed by atoms with Gasteiger partial charge in [0.15, 0.2) is 23.7 Å². The lowest BCUT2D eigenvalue weighted by atomic mass is 9.78. The molecule has 0 radical (unpaired) electrons. The van der Waals surface area contributed by atoms with E-state index in [1.165, 1.54) is 36.4 Å². The van der Waals surface area contributed by atoms with Crippen LogP contribution < -0.4 is 9.47 Å². The van der Waals surface area contributed by atoms with Crippen molar-refractivity contribution in [3.8, 4) is 51.7 Å². The van der Waals surface area contributed by atoms with E-state index in [2.05, 4.69) is 0 Å². The lowest BCUT2D eigenvalue weighted by Crippen LogP contribution is -2.59. The quantitative estimate of drug-likeness (QED) is 0.126. The van der Waals surface area contributed by atoms with Gasteiger partial charge in [0.1, 0.15) is 76.5 Å². The number of phenols is 7. The number of phenolic OH excluding ortho intramolecular Hbond substituents is 7. The zero-order chi connectivity index (χ0) is 37.2. The van der Waals surface area contributed by atoms with Crippen LogP contribution in [-0.4, -0.2) is 105 Å². The molecule has 0 aromatic heterocycles. The van der Waals surface area contributed by atoms with Crippen LogP contribution in [0.4, 0.5) is 0 Å². The first-order chi connectivity index (χ1) is 24.8. The minimum absolute atomic E-state index is 0.0927. The first-order valence-electron chi connectivity index (χ1n) is 15.9. The van der Waals surface area contributed by atoms with Crippen molar-refractivity contribution in [3.63, 3.8) is 0 Å². The molecule has 12 N–H and O–H groups in total. The molecule has 16 nitrogen and oxygen atoms in total. The Hall–Kier alpha value is -5.62. The molecule has 1 fully saturated rings. The van der Waals surface area contributed by atoms with Crippen molar-refractivity contribution in [3.05, 3.63) is 94.2 Å². The van der Waals surface area contributed by atoms with Crippen LogP contribution in [0.1, 0.15) is 45.9 Å². The van der Waals surface area contributed by atoms with Crippen molar-refractivity contribution in [1.82, 2.24) is 0 Å². The van der Waals surface area contributed by atoms with Crippen LogP contribution in [0, 0.1) is 0 Å². The lowest BCUT2D eigenvalue weighted by molar-refractivity contribution is -0.293. The van der Waals surface area contributed by atoms with Crippen molar-refractivity contribution in [2.24, 2.45) is 0 Å². The van der Waals surface area contributed by atoms with Gasteiger partial charge in [0.2, 0.25) is 6.29 Å². The molecule has 7 rings (SSSR count). The molecule has 9 unspecified atom stereocenters. The number of hydrogen-bond acceptors (Lipinski definition) is 16. The highest BCUT2D eigenvalue weighted by molar-refractivity contribution is 5.75. The molecule has 4 aromatic carbocycles. The average Bonchev–Trinajstić information content (AvgIpc) is 3.10. The Morgan fingerprint density at radius 1 is 0.596 bits per heavy atom. The molecule has 274 valence electrons. The van der Waals surface area contributed by atoms with Gasteiger partial charge in [-0.3, -0.25) is 0 Å². The molecule has 0 saturated carbocycles. The van der Waals surface area contributed by atoms with Gasteiger partial charge >= 0.3 is 0 Å². The highest BCUT2D eigenvalue weighted by Crippen LogP contribution is 2.57. The van der Waals surface area contributed by atoms with Gasteiger partial charge < -0.3 is 80.2 Å². The minimum Gasteiger partial charge on any atom is -0.508 e. The molecule has 0 aliphatic carbocycles. The van der Waals surface area contributed by atoms with Crippen LogP contribution in [-0.2, 0) is 9.47 Å². The zero-order valence-corrected chi connectivity index (χ0v) is 26.8.